The minimum absolute atomic E-state index is 0.0707. The number of carbonyl (C=O) groups is 1. The number of hydrogen-bond donors (Lipinski definition) is 1. The summed E-state index contributed by atoms with van der Waals surface area (Å²) in [5.41, 5.74) is 2.48. The molecule has 0 aromatic carbocycles. The summed E-state index contributed by atoms with van der Waals surface area (Å²) < 4.78 is 1.55. The molecule has 4 rings (SSSR count). The molecule has 1 N–H and O–H groups in total. The summed E-state index contributed by atoms with van der Waals surface area (Å²) in [6, 6.07) is 7.22. The van der Waals surface area contributed by atoms with Crippen molar-refractivity contribution in [2.45, 2.75) is 12.8 Å². The summed E-state index contributed by atoms with van der Waals surface area (Å²) in [4.78, 5) is 34.3. The van der Waals surface area contributed by atoms with Gasteiger partial charge in [-0.3, -0.25) is 19.7 Å². The first-order valence-corrected chi connectivity index (χ1v) is 7.41. The SMILES string of the molecule is Cc1c(C(=O)N2CC(c3ccccn3)C2)cnc2cc(=O)[nH]n12. The molecule has 0 spiro atoms. The molecule has 0 radical (unpaired) electrons. The van der Waals surface area contributed by atoms with E-state index >= 15 is 0 Å². The van der Waals surface area contributed by atoms with E-state index in [1.54, 1.807) is 22.5 Å². The lowest BCUT2D eigenvalue weighted by atomic mass is 9.95. The van der Waals surface area contributed by atoms with Crippen molar-refractivity contribution in [2.75, 3.05) is 13.1 Å². The standard InChI is InChI=1S/C16H15N5O2/c1-10-12(7-18-14-6-15(22)19-21(10)14)16(23)20-8-11(9-20)13-4-2-3-5-17-13/h2-7,11H,8-9H2,1H3,(H,19,22). The third kappa shape index (κ3) is 2.21. The van der Waals surface area contributed by atoms with Crippen molar-refractivity contribution >= 4 is 11.6 Å². The number of aromatic amines is 1. The Balaban J connectivity index is 1.57. The van der Waals surface area contributed by atoms with Gasteiger partial charge in [-0.25, -0.2) is 9.50 Å². The van der Waals surface area contributed by atoms with Gasteiger partial charge in [-0.05, 0) is 19.1 Å². The van der Waals surface area contributed by atoms with E-state index in [1.165, 1.54) is 12.3 Å². The number of rotatable bonds is 2. The van der Waals surface area contributed by atoms with E-state index in [0.717, 1.165) is 5.69 Å². The summed E-state index contributed by atoms with van der Waals surface area (Å²) in [5, 5.41) is 2.65. The average Bonchev–Trinajstić information content (AvgIpc) is 2.88. The van der Waals surface area contributed by atoms with Crippen LogP contribution in [0.25, 0.3) is 5.65 Å². The maximum absolute atomic E-state index is 12.6. The van der Waals surface area contributed by atoms with Gasteiger partial charge in [-0.1, -0.05) is 6.07 Å². The maximum atomic E-state index is 12.6. The van der Waals surface area contributed by atoms with Gasteiger partial charge in [0.2, 0.25) is 0 Å². The zero-order valence-electron chi connectivity index (χ0n) is 12.6. The van der Waals surface area contributed by atoms with E-state index in [-0.39, 0.29) is 17.4 Å². The Bertz CT molecular complexity index is 938. The largest absolute Gasteiger partial charge is 0.337 e. The van der Waals surface area contributed by atoms with Crippen LogP contribution in [0.5, 0.6) is 0 Å². The number of hydrogen-bond acceptors (Lipinski definition) is 4. The summed E-state index contributed by atoms with van der Waals surface area (Å²) in [6.45, 7) is 3.10. The molecule has 1 aliphatic heterocycles. The maximum Gasteiger partial charge on any atom is 0.266 e. The molecule has 1 amide bonds. The van der Waals surface area contributed by atoms with E-state index in [0.29, 0.717) is 30.0 Å². The number of aromatic nitrogens is 4. The number of fused-ring (bicyclic) bond motifs is 1. The Morgan fingerprint density at radius 1 is 1.30 bits per heavy atom. The van der Waals surface area contributed by atoms with Crippen molar-refractivity contribution in [3.8, 4) is 0 Å². The Kier molecular flexibility index (Phi) is 3.00. The van der Waals surface area contributed by atoms with Gasteiger partial charge >= 0.3 is 0 Å². The van der Waals surface area contributed by atoms with Crippen LogP contribution >= 0.6 is 0 Å². The second-order valence-electron chi connectivity index (χ2n) is 5.73. The molecule has 0 aliphatic carbocycles. The van der Waals surface area contributed by atoms with Gasteiger partial charge in [0.15, 0.2) is 5.65 Å². The van der Waals surface area contributed by atoms with Gasteiger partial charge in [0, 0.05) is 43.2 Å². The molecular formula is C16H15N5O2. The van der Waals surface area contributed by atoms with Crippen LogP contribution in [0.1, 0.15) is 27.7 Å². The van der Waals surface area contributed by atoms with Crippen LogP contribution < -0.4 is 5.56 Å². The fraction of sp³-hybridized carbons (Fsp3) is 0.250. The predicted molar refractivity (Wildman–Crippen MR) is 83.4 cm³/mol. The van der Waals surface area contributed by atoms with E-state index in [4.69, 9.17) is 0 Å². The number of nitrogens with zero attached hydrogens (tertiary/aromatic N) is 4. The molecule has 23 heavy (non-hydrogen) atoms. The highest BCUT2D eigenvalue weighted by atomic mass is 16.2. The molecule has 1 fully saturated rings. The molecular weight excluding hydrogens is 294 g/mol. The fourth-order valence-corrected chi connectivity index (χ4v) is 2.91. The number of pyridine rings is 1. The molecule has 0 bridgehead atoms. The normalized spacial score (nSPS) is 14.9. The molecule has 0 atom stereocenters. The highest BCUT2D eigenvalue weighted by molar-refractivity contribution is 5.95. The minimum atomic E-state index is -0.232. The number of H-pyrrole nitrogens is 1. The third-order valence-electron chi connectivity index (χ3n) is 4.27. The minimum Gasteiger partial charge on any atom is -0.337 e. The average molecular weight is 309 g/mol. The van der Waals surface area contributed by atoms with Crippen molar-refractivity contribution < 1.29 is 4.79 Å². The van der Waals surface area contributed by atoms with Gasteiger partial charge in [0.1, 0.15) is 0 Å². The van der Waals surface area contributed by atoms with E-state index < -0.39 is 0 Å². The summed E-state index contributed by atoms with van der Waals surface area (Å²) in [5.74, 6) is 0.210. The van der Waals surface area contributed by atoms with Crippen molar-refractivity contribution in [3.63, 3.8) is 0 Å². The lowest BCUT2D eigenvalue weighted by Gasteiger charge is -2.39. The smallest absolute Gasteiger partial charge is 0.266 e. The quantitative estimate of drug-likeness (QED) is 0.764. The van der Waals surface area contributed by atoms with Gasteiger partial charge in [-0.2, -0.15) is 0 Å². The Labute approximate surface area is 131 Å². The highest BCUT2D eigenvalue weighted by Crippen LogP contribution is 2.27. The van der Waals surface area contributed by atoms with Gasteiger partial charge < -0.3 is 4.90 Å². The molecule has 0 saturated carbocycles. The predicted octanol–water partition coefficient (Wildman–Crippen LogP) is 0.966. The molecule has 7 nitrogen and oxygen atoms in total. The highest BCUT2D eigenvalue weighted by Gasteiger charge is 2.34. The van der Waals surface area contributed by atoms with Crippen LogP contribution in [0.15, 0.2) is 41.5 Å². The number of aryl methyl sites for hydroxylation is 1. The van der Waals surface area contributed by atoms with E-state index in [1.807, 2.05) is 18.2 Å². The van der Waals surface area contributed by atoms with Crippen molar-refractivity contribution in [1.29, 1.82) is 0 Å². The lowest BCUT2D eigenvalue weighted by Crippen LogP contribution is -2.49. The molecule has 7 heteroatoms. The van der Waals surface area contributed by atoms with Crippen molar-refractivity contribution in [3.05, 3.63) is 64.0 Å². The van der Waals surface area contributed by atoms with Gasteiger partial charge in [0.05, 0.1) is 11.3 Å². The molecule has 3 aromatic rings. The Morgan fingerprint density at radius 3 is 2.87 bits per heavy atom. The fourth-order valence-electron chi connectivity index (χ4n) is 2.91. The number of likely N-dealkylation sites (tertiary alicyclic amines) is 1. The zero-order valence-corrected chi connectivity index (χ0v) is 12.6. The first-order chi connectivity index (χ1) is 11.1. The second kappa shape index (κ2) is 5.05. The van der Waals surface area contributed by atoms with Crippen LogP contribution in [0.4, 0.5) is 0 Å². The monoisotopic (exact) mass is 309 g/mol. The topological polar surface area (TPSA) is 83.4 Å². The molecule has 1 aliphatic rings. The molecule has 3 aromatic heterocycles. The van der Waals surface area contributed by atoms with E-state index in [2.05, 4.69) is 15.1 Å². The van der Waals surface area contributed by atoms with E-state index in [9.17, 15) is 9.59 Å². The summed E-state index contributed by atoms with van der Waals surface area (Å²) >= 11 is 0. The number of nitrogens with one attached hydrogen (secondary N) is 1. The van der Waals surface area contributed by atoms with Crippen molar-refractivity contribution in [2.24, 2.45) is 0 Å². The van der Waals surface area contributed by atoms with Crippen LogP contribution in [0.3, 0.4) is 0 Å². The summed E-state index contributed by atoms with van der Waals surface area (Å²) in [7, 11) is 0. The zero-order chi connectivity index (χ0) is 16.0. The van der Waals surface area contributed by atoms with Gasteiger partial charge in [0.25, 0.3) is 11.5 Å². The lowest BCUT2D eigenvalue weighted by molar-refractivity contribution is 0.0596. The first kappa shape index (κ1) is 13.7. The molecule has 1 saturated heterocycles. The first-order valence-electron chi connectivity index (χ1n) is 7.41. The van der Waals surface area contributed by atoms with Gasteiger partial charge in [-0.15, -0.1) is 0 Å². The number of amides is 1. The Hall–Kier alpha value is -2.96. The number of carbonyl (C=O) groups excluding carboxylic acids is 1. The Morgan fingerprint density at radius 2 is 2.13 bits per heavy atom. The van der Waals surface area contributed by atoms with Crippen LogP contribution in [-0.4, -0.2) is 43.5 Å². The summed E-state index contributed by atoms with van der Waals surface area (Å²) in [6.07, 6.45) is 3.30. The molecule has 0 unspecified atom stereocenters. The van der Waals surface area contributed by atoms with Crippen molar-refractivity contribution in [1.82, 2.24) is 24.5 Å². The second-order valence-corrected chi connectivity index (χ2v) is 5.73. The molecule has 4 heterocycles. The molecule has 116 valence electrons. The van der Waals surface area contributed by atoms with Crippen LogP contribution in [0, 0.1) is 6.92 Å². The van der Waals surface area contributed by atoms with Crippen LogP contribution in [-0.2, 0) is 0 Å². The van der Waals surface area contributed by atoms with Crippen LogP contribution in [0.2, 0.25) is 0 Å². The third-order valence-corrected chi connectivity index (χ3v) is 4.27.